The van der Waals surface area contributed by atoms with Gasteiger partial charge in [0.1, 0.15) is 20.6 Å². The second-order valence-electron chi connectivity index (χ2n) is 19.8. The van der Waals surface area contributed by atoms with Gasteiger partial charge in [-0.3, -0.25) is 9.71 Å². The van der Waals surface area contributed by atoms with Crippen molar-refractivity contribution in [3.8, 4) is 11.8 Å². The maximum absolute atomic E-state index is 11.9. The molecule has 1 atom stereocenters. The molecule has 0 spiro atoms. The van der Waals surface area contributed by atoms with Gasteiger partial charge in [-0.25, -0.2) is 8.42 Å². The number of rotatable bonds is 25. The highest BCUT2D eigenvalue weighted by atomic mass is 32.2. The maximum Gasteiger partial charge on any atom is 0.210 e. The quantitative estimate of drug-likeness (QED) is 0.00800. The summed E-state index contributed by atoms with van der Waals surface area (Å²) in [5, 5.41) is 28.3. The summed E-state index contributed by atoms with van der Waals surface area (Å²) in [6.45, 7) is 19.6. The van der Waals surface area contributed by atoms with Crippen LogP contribution >= 0.6 is 20.3 Å². The van der Waals surface area contributed by atoms with Gasteiger partial charge >= 0.3 is 0 Å². The van der Waals surface area contributed by atoms with E-state index in [0.717, 1.165) is 92.4 Å². The van der Waals surface area contributed by atoms with E-state index in [4.69, 9.17) is 13.6 Å². The summed E-state index contributed by atoms with van der Waals surface area (Å²) in [7, 11) is -5.31. The van der Waals surface area contributed by atoms with Crippen molar-refractivity contribution < 1.29 is 41.4 Å². The SMILES string of the molecule is CC(C)N(C(C)C)P(CCC#N)OCCCCOc1cccc(C(C=CC2=[N+](CCCS(=O)(=O)[O-])c3ccc4ccccc4c3C2(C)C)=CC=C2N(CCSOO[O-])c3ccc4ccccc4c3C2(C)C)c1. The minimum Gasteiger partial charge on any atom is -0.748 e. The normalized spacial score (nSPS) is 16.5. The molecule has 12 nitrogen and oxygen atoms in total. The fourth-order valence-electron chi connectivity index (χ4n) is 10.6. The van der Waals surface area contributed by atoms with Crippen molar-refractivity contribution in [2.45, 2.75) is 104 Å². The smallest absolute Gasteiger partial charge is 0.210 e. The van der Waals surface area contributed by atoms with Crippen LogP contribution in [-0.2, 0) is 34.8 Å². The summed E-state index contributed by atoms with van der Waals surface area (Å²) in [4.78, 5) is 2.29. The largest absolute Gasteiger partial charge is 0.748 e. The van der Waals surface area contributed by atoms with E-state index in [-0.39, 0.29) is 6.42 Å². The van der Waals surface area contributed by atoms with Crippen LogP contribution in [0.1, 0.15) is 97.8 Å². The average Bonchev–Trinajstić information content (AvgIpc) is 3.70. The van der Waals surface area contributed by atoms with Crippen molar-refractivity contribution in [1.82, 2.24) is 4.67 Å². The number of fused-ring (bicyclic) bond motifs is 6. The van der Waals surface area contributed by atoms with Crippen LogP contribution in [0, 0.1) is 11.3 Å². The number of hydrogen-bond donors (Lipinski definition) is 0. The molecule has 0 N–H and O–H groups in total. The Morgan fingerprint density at radius 3 is 2.24 bits per heavy atom. The van der Waals surface area contributed by atoms with Crippen LogP contribution in [0.4, 0.5) is 11.4 Å². The van der Waals surface area contributed by atoms with Crippen molar-refractivity contribution in [3.05, 3.63) is 144 Å². The fraction of sp³-hybridized carbons (Fsp3) is 0.404. The van der Waals surface area contributed by atoms with Crippen molar-refractivity contribution >= 4 is 74.7 Å². The lowest BCUT2D eigenvalue weighted by Crippen LogP contribution is -2.33. The third-order valence-corrected chi connectivity index (χ3v) is 17.4. The molecule has 2 heterocycles. The van der Waals surface area contributed by atoms with Crippen molar-refractivity contribution in [3.63, 3.8) is 0 Å². The Balaban J connectivity index is 1.26. The van der Waals surface area contributed by atoms with Crippen LogP contribution in [0.5, 0.6) is 5.75 Å². The van der Waals surface area contributed by atoms with Crippen LogP contribution in [-0.4, -0.2) is 84.0 Å². The zero-order valence-corrected chi connectivity index (χ0v) is 45.3. The average molecular weight is 1030 g/mol. The lowest BCUT2D eigenvalue weighted by molar-refractivity contribution is -0.777. The first kappa shape index (κ1) is 54.9. The van der Waals surface area contributed by atoms with Crippen LogP contribution < -0.4 is 14.9 Å². The number of unbranched alkanes of at least 4 members (excludes halogenated alkanes) is 1. The highest BCUT2D eigenvalue weighted by Crippen LogP contribution is 2.51. The van der Waals surface area contributed by atoms with E-state index in [1.165, 1.54) is 10.9 Å². The maximum atomic E-state index is 11.9. The summed E-state index contributed by atoms with van der Waals surface area (Å²) >= 11 is 0.964. The van der Waals surface area contributed by atoms with E-state index in [9.17, 15) is 23.5 Å². The Kier molecular flexibility index (Phi) is 18.6. The predicted molar refractivity (Wildman–Crippen MR) is 291 cm³/mol. The summed E-state index contributed by atoms with van der Waals surface area (Å²) in [6, 6.07) is 36.3. The molecule has 0 radical (unpaired) electrons. The standard InChI is InChI=1S/C57H69N4O8PS2/c1-41(2)61(42(3)4)70(37-16-32-58)67-36-14-13-35-66-47-21-15-20-46(40-47)43(27-31-53-57(7,8)55-49-23-12-10-19-45(49)25-29-51(55)60(53)34-38-71-69-68-62)26-30-52-56(5,6)54-48-22-11-9-18-44(48)24-28-50(54)59(52)33-17-39-72(63,64)65/h9-12,15,18-31,40-42H,13-14,16-17,33-39H2,1-8H3,(H-,62,63,64,65)/p-1. The van der Waals surface area contributed by atoms with Gasteiger partial charge in [0.15, 0.2) is 5.71 Å². The Labute approximate surface area is 432 Å². The molecule has 0 aliphatic carbocycles. The van der Waals surface area contributed by atoms with Gasteiger partial charge in [0.25, 0.3) is 0 Å². The number of nitrogens with zero attached hydrogens (tertiary/aromatic N) is 4. The van der Waals surface area contributed by atoms with Gasteiger partial charge in [0.2, 0.25) is 5.69 Å². The van der Waals surface area contributed by atoms with Crippen molar-refractivity contribution in [1.29, 1.82) is 5.26 Å². The Morgan fingerprint density at radius 1 is 0.875 bits per heavy atom. The molecule has 7 rings (SSSR count). The van der Waals surface area contributed by atoms with E-state index >= 15 is 0 Å². The number of benzene rings is 5. The molecule has 5 aromatic carbocycles. The molecule has 2 aliphatic heterocycles. The third-order valence-electron chi connectivity index (χ3n) is 13.5. The van der Waals surface area contributed by atoms with E-state index in [2.05, 4.69) is 178 Å². The molecule has 0 aromatic heterocycles. The monoisotopic (exact) mass is 1030 g/mol. The molecule has 2 aliphatic rings. The van der Waals surface area contributed by atoms with Crippen molar-refractivity contribution in [2.75, 3.05) is 48.9 Å². The Bertz CT molecular complexity index is 2990. The Morgan fingerprint density at radius 2 is 1.56 bits per heavy atom. The molecule has 5 aromatic rings. The summed E-state index contributed by atoms with van der Waals surface area (Å²) in [5.74, 6) is 0.738. The van der Waals surface area contributed by atoms with Crippen LogP contribution in [0.2, 0.25) is 0 Å². The van der Waals surface area contributed by atoms with Crippen LogP contribution in [0.25, 0.3) is 27.1 Å². The Hall–Kier alpha value is -4.91. The number of anilines is 1. The van der Waals surface area contributed by atoms with Gasteiger partial charge in [-0.1, -0.05) is 86.7 Å². The summed E-state index contributed by atoms with van der Waals surface area (Å²) in [5.41, 5.74) is 7.38. The number of hydrogen-bond acceptors (Lipinski definition) is 12. The topological polar surface area (TPSA) is 150 Å². The highest BCUT2D eigenvalue weighted by Gasteiger charge is 2.46. The molecule has 382 valence electrons. The number of allylic oxidation sites excluding steroid dienone is 6. The predicted octanol–water partition coefficient (Wildman–Crippen LogP) is 12.0. The number of nitriles is 1. The summed E-state index contributed by atoms with van der Waals surface area (Å²) < 4.78 is 57.8. The molecule has 1 unspecified atom stereocenters. The van der Waals surface area contributed by atoms with Gasteiger partial charge in [-0.05, 0) is 129 Å². The zero-order chi connectivity index (χ0) is 51.6. The molecule has 0 fully saturated rings. The molecule has 15 heteroatoms. The minimum absolute atomic E-state index is 0.174. The first-order valence-corrected chi connectivity index (χ1v) is 28.7. The lowest BCUT2D eigenvalue weighted by Gasteiger charge is -2.37. The first-order chi connectivity index (χ1) is 34.5. The molecule has 0 amide bonds. The van der Waals surface area contributed by atoms with Crippen LogP contribution in [0.15, 0.2) is 127 Å². The first-order valence-electron chi connectivity index (χ1n) is 24.9. The third kappa shape index (κ3) is 12.7. The van der Waals surface area contributed by atoms with E-state index in [1.807, 2.05) is 24.3 Å². The molecule has 0 bridgehead atoms. The van der Waals surface area contributed by atoms with E-state index in [0.29, 0.717) is 50.6 Å². The zero-order valence-electron chi connectivity index (χ0n) is 42.8. The second kappa shape index (κ2) is 24.4. The van der Waals surface area contributed by atoms with Crippen molar-refractivity contribution in [2.24, 2.45) is 0 Å². The highest BCUT2D eigenvalue weighted by molar-refractivity contribution is 7.94. The fourth-order valence-corrected chi connectivity index (χ4v) is 13.6. The molecular weight excluding hydrogens is 964 g/mol. The number of ether oxygens (including phenoxy) is 1. The molecule has 0 saturated carbocycles. The van der Waals surface area contributed by atoms with Crippen LogP contribution in [0.3, 0.4) is 0 Å². The minimum atomic E-state index is -4.42. The van der Waals surface area contributed by atoms with Gasteiger partial charge in [0, 0.05) is 95.7 Å². The molecule has 72 heavy (non-hydrogen) atoms. The summed E-state index contributed by atoms with van der Waals surface area (Å²) in [6.07, 6.45) is 11.6. The van der Waals surface area contributed by atoms with Gasteiger partial charge in [0.05, 0.1) is 34.8 Å². The van der Waals surface area contributed by atoms with Gasteiger partial charge < -0.3 is 24.0 Å². The van der Waals surface area contributed by atoms with E-state index in [1.54, 1.807) is 0 Å². The van der Waals surface area contributed by atoms with E-state index < -0.39 is 35.0 Å². The molecular formula is C57H68N4O8PS2-. The van der Waals surface area contributed by atoms with Gasteiger partial charge in [-0.2, -0.15) is 14.2 Å². The second-order valence-corrected chi connectivity index (χ2v) is 24.0. The molecule has 0 saturated heterocycles. The van der Waals surface area contributed by atoms with Gasteiger partial charge in [-0.15, -0.1) is 0 Å². The lowest BCUT2D eigenvalue weighted by atomic mass is 9.79.